The Morgan fingerprint density at radius 2 is 2.07 bits per heavy atom. The van der Waals surface area contributed by atoms with Gasteiger partial charge in [-0.15, -0.1) is 10.2 Å². The summed E-state index contributed by atoms with van der Waals surface area (Å²) < 4.78 is 1.96. The first-order chi connectivity index (χ1) is 6.99. The Kier molecular flexibility index (Phi) is 4.27. The van der Waals surface area contributed by atoms with Crippen molar-refractivity contribution in [3.05, 3.63) is 12.2 Å². The third-order valence-corrected chi connectivity index (χ3v) is 2.38. The van der Waals surface area contributed by atoms with Crippen molar-refractivity contribution in [3.63, 3.8) is 0 Å². The number of aromatic nitrogens is 3. The molecule has 0 atom stereocenters. The van der Waals surface area contributed by atoms with Gasteiger partial charge in [0.2, 0.25) is 0 Å². The number of aryl methyl sites for hydroxylation is 1. The maximum absolute atomic E-state index is 4.04. The van der Waals surface area contributed by atoms with Gasteiger partial charge in [-0.3, -0.25) is 0 Å². The lowest BCUT2D eigenvalue weighted by Gasteiger charge is -2.17. The summed E-state index contributed by atoms with van der Waals surface area (Å²) in [6.07, 6.45) is 3.89. The summed E-state index contributed by atoms with van der Waals surface area (Å²) in [6.45, 7) is 8.83. The molecule has 0 aliphatic heterocycles. The summed E-state index contributed by atoms with van der Waals surface area (Å²) in [7, 11) is 1.98. The minimum absolute atomic E-state index is 0.414. The van der Waals surface area contributed by atoms with E-state index in [0.29, 0.717) is 5.41 Å². The van der Waals surface area contributed by atoms with E-state index in [9.17, 15) is 0 Å². The van der Waals surface area contributed by atoms with Gasteiger partial charge in [-0.2, -0.15) is 0 Å². The van der Waals surface area contributed by atoms with E-state index in [1.807, 2.05) is 11.6 Å². The van der Waals surface area contributed by atoms with Crippen molar-refractivity contribution >= 4 is 0 Å². The molecule has 0 aliphatic rings. The summed E-state index contributed by atoms with van der Waals surface area (Å²) in [4.78, 5) is 0. The maximum atomic E-state index is 4.04. The summed E-state index contributed by atoms with van der Waals surface area (Å²) in [6, 6.07) is 0. The zero-order valence-electron chi connectivity index (χ0n) is 10.2. The Hall–Kier alpha value is -0.900. The van der Waals surface area contributed by atoms with Gasteiger partial charge >= 0.3 is 0 Å². The molecule has 86 valence electrons. The van der Waals surface area contributed by atoms with Crippen LogP contribution in [0.1, 0.15) is 33.0 Å². The van der Waals surface area contributed by atoms with E-state index in [4.69, 9.17) is 0 Å². The van der Waals surface area contributed by atoms with Gasteiger partial charge in [0.25, 0.3) is 0 Å². The largest absolute Gasteiger partial charge is 0.321 e. The molecule has 0 spiro atoms. The van der Waals surface area contributed by atoms with Crippen LogP contribution in [0.5, 0.6) is 0 Å². The lowest BCUT2D eigenvalue weighted by atomic mass is 9.92. The fourth-order valence-corrected chi connectivity index (χ4v) is 1.32. The number of hydrogen-bond donors (Lipinski definition) is 1. The van der Waals surface area contributed by atoms with E-state index < -0.39 is 0 Å². The fourth-order valence-electron chi connectivity index (χ4n) is 1.32. The average Bonchev–Trinajstić information content (AvgIpc) is 2.49. The van der Waals surface area contributed by atoms with Crippen molar-refractivity contribution in [1.29, 1.82) is 0 Å². The highest BCUT2D eigenvalue weighted by Gasteiger charge is 2.08. The summed E-state index contributed by atoms with van der Waals surface area (Å²) >= 11 is 0. The molecule has 0 bridgehead atoms. The SMILES string of the molecule is Cn1cnnc1CCNCCC(C)(C)C. The van der Waals surface area contributed by atoms with Gasteiger partial charge < -0.3 is 9.88 Å². The molecule has 0 unspecified atom stereocenters. The van der Waals surface area contributed by atoms with Gasteiger partial charge in [-0.1, -0.05) is 20.8 Å². The minimum Gasteiger partial charge on any atom is -0.321 e. The molecule has 0 fully saturated rings. The number of rotatable bonds is 5. The van der Waals surface area contributed by atoms with Crippen LogP contribution in [-0.4, -0.2) is 27.9 Å². The molecule has 1 aromatic rings. The van der Waals surface area contributed by atoms with Crippen molar-refractivity contribution in [2.45, 2.75) is 33.6 Å². The standard InChI is InChI=1S/C11H22N4/c1-11(2,3)6-8-12-7-5-10-14-13-9-15(10)4/h9,12H,5-8H2,1-4H3. The van der Waals surface area contributed by atoms with Crippen LogP contribution < -0.4 is 5.32 Å². The highest BCUT2D eigenvalue weighted by atomic mass is 15.2. The molecule has 15 heavy (non-hydrogen) atoms. The van der Waals surface area contributed by atoms with Crippen molar-refractivity contribution in [2.24, 2.45) is 12.5 Å². The van der Waals surface area contributed by atoms with Crippen molar-refractivity contribution in [1.82, 2.24) is 20.1 Å². The van der Waals surface area contributed by atoms with Crippen molar-refractivity contribution in [3.8, 4) is 0 Å². The Balaban J connectivity index is 2.10. The normalized spacial score (nSPS) is 12.0. The van der Waals surface area contributed by atoms with Gasteiger partial charge in [0, 0.05) is 20.0 Å². The molecular formula is C11H22N4. The second kappa shape index (κ2) is 5.26. The molecule has 0 aromatic carbocycles. The Labute approximate surface area is 92.1 Å². The maximum Gasteiger partial charge on any atom is 0.133 e. The smallest absolute Gasteiger partial charge is 0.133 e. The predicted molar refractivity (Wildman–Crippen MR) is 61.6 cm³/mol. The third-order valence-electron chi connectivity index (χ3n) is 2.38. The van der Waals surface area contributed by atoms with Gasteiger partial charge in [-0.05, 0) is 18.4 Å². The van der Waals surface area contributed by atoms with Crippen LogP contribution in [0, 0.1) is 5.41 Å². The van der Waals surface area contributed by atoms with Gasteiger partial charge in [0.15, 0.2) is 0 Å². The second-order valence-electron chi connectivity index (χ2n) is 5.17. The summed E-state index contributed by atoms with van der Waals surface area (Å²) in [5.74, 6) is 1.04. The fraction of sp³-hybridized carbons (Fsp3) is 0.818. The van der Waals surface area contributed by atoms with Crippen LogP contribution >= 0.6 is 0 Å². The predicted octanol–water partition coefficient (Wildman–Crippen LogP) is 1.38. The zero-order chi connectivity index (χ0) is 11.3. The van der Waals surface area contributed by atoms with Gasteiger partial charge in [0.1, 0.15) is 12.2 Å². The Bertz CT molecular complexity index is 285. The van der Waals surface area contributed by atoms with E-state index in [1.54, 1.807) is 6.33 Å². The van der Waals surface area contributed by atoms with Crippen LogP contribution in [0.25, 0.3) is 0 Å². The third kappa shape index (κ3) is 4.93. The molecule has 4 heteroatoms. The monoisotopic (exact) mass is 210 g/mol. The molecule has 1 heterocycles. The Morgan fingerprint density at radius 3 is 2.60 bits per heavy atom. The number of nitrogens with one attached hydrogen (secondary N) is 1. The lowest BCUT2D eigenvalue weighted by molar-refractivity contribution is 0.367. The Morgan fingerprint density at radius 1 is 1.33 bits per heavy atom. The van der Waals surface area contributed by atoms with Gasteiger partial charge in [-0.25, -0.2) is 0 Å². The highest BCUT2D eigenvalue weighted by Crippen LogP contribution is 2.16. The van der Waals surface area contributed by atoms with Crippen molar-refractivity contribution < 1.29 is 0 Å². The lowest BCUT2D eigenvalue weighted by Crippen LogP contribution is -2.23. The van der Waals surface area contributed by atoms with Gasteiger partial charge in [0.05, 0.1) is 0 Å². The summed E-state index contributed by atoms with van der Waals surface area (Å²) in [5.41, 5.74) is 0.414. The zero-order valence-corrected chi connectivity index (χ0v) is 10.2. The molecule has 4 nitrogen and oxygen atoms in total. The highest BCUT2D eigenvalue weighted by molar-refractivity contribution is 4.84. The molecule has 0 saturated carbocycles. The topological polar surface area (TPSA) is 42.7 Å². The molecule has 0 amide bonds. The summed E-state index contributed by atoms with van der Waals surface area (Å²) in [5, 5.41) is 11.3. The number of nitrogens with zero attached hydrogens (tertiary/aromatic N) is 3. The first-order valence-electron chi connectivity index (χ1n) is 5.53. The molecule has 0 saturated heterocycles. The van der Waals surface area contributed by atoms with E-state index >= 15 is 0 Å². The van der Waals surface area contributed by atoms with Crippen molar-refractivity contribution in [2.75, 3.05) is 13.1 Å². The molecule has 1 rings (SSSR count). The van der Waals surface area contributed by atoms with Crippen LogP contribution in [0.15, 0.2) is 6.33 Å². The number of hydrogen-bond acceptors (Lipinski definition) is 3. The quantitative estimate of drug-likeness (QED) is 0.747. The van der Waals surface area contributed by atoms with Crippen LogP contribution in [0.3, 0.4) is 0 Å². The van der Waals surface area contributed by atoms with E-state index in [2.05, 4.69) is 36.3 Å². The molecule has 0 aliphatic carbocycles. The first-order valence-corrected chi connectivity index (χ1v) is 5.53. The van der Waals surface area contributed by atoms with E-state index in [0.717, 1.165) is 25.3 Å². The van der Waals surface area contributed by atoms with Crippen LogP contribution in [0.4, 0.5) is 0 Å². The van der Waals surface area contributed by atoms with E-state index in [-0.39, 0.29) is 0 Å². The molecular weight excluding hydrogens is 188 g/mol. The first kappa shape index (κ1) is 12.2. The molecule has 1 N–H and O–H groups in total. The average molecular weight is 210 g/mol. The molecule has 1 aromatic heterocycles. The second-order valence-corrected chi connectivity index (χ2v) is 5.17. The van der Waals surface area contributed by atoms with E-state index in [1.165, 1.54) is 6.42 Å². The van der Waals surface area contributed by atoms with Crippen LogP contribution in [0.2, 0.25) is 0 Å². The molecule has 0 radical (unpaired) electrons. The minimum atomic E-state index is 0.414. The van der Waals surface area contributed by atoms with Crippen LogP contribution in [-0.2, 0) is 13.5 Å².